The van der Waals surface area contributed by atoms with Gasteiger partial charge in [0, 0.05) is 50.2 Å². The maximum Gasteiger partial charge on any atom is 0.257 e. The summed E-state index contributed by atoms with van der Waals surface area (Å²) >= 11 is 0. The van der Waals surface area contributed by atoms with Crippen molar-refractivity contribution >= 4 is 21.6 Å². The van der Waals surface area contributed by atoms with Gasteiger partial charge in [0.25, 0.3) is 5.91 Å². The molecule has 33 heavy (non-hydrogen) atoms. The molecule has 0 spiro atoms. The van der Waals surface area contributed by atoms with Crippen molar-refractivity contribution in [3.63, 3.8) is 0 Å². The molecule has 0 saturated heterocycles. The van der Waals surface area contributed by atoms with Crippen molar-refractivity contribution in [3.8, 4) is 17.2 Å². The Bertz CT molecular complexity index is 1300. The SMILES string of the molecule is COCC1(C)Cc2c(Oc3ccc(S(C)(=O)=O)cc3)cc(C(=O)Nc3ccn(C)n3)cc2O1. The lowest BCUT2D eigenvalue weighted by atomic mass is 9.98. The van der Waals surface area contributed by atoms with Gasteiger partial charge in [-0.1, -0.05) is 0 Å². The third-order valence-corrected chi connectivity index (χ3v) is 6.35. The average Bonchev–Trinajstić information content (AvgIpc) is 3.30. The second-order valence-corrected chi connectivity index (χ2v) is 10.3. The summed E-state index contributed by atoms with van der Waals surface area (Å²) in [4.78, 5) is 13.1. The molecule has 4 rings (SSSR count). The van der Waals surface area contributed by atoms with E-state index in [2.05, 4.69) is 10.4 Å². The van der Waals surface area contributed by atoms with Crippen molar-refractivity contribution in [2.75, 3.05) is 25.3 Å². The summed E-state index contributed by atoms with van der Waals surface area (Å²) < 4.78 is 42.6. The molecule has 3 aromatic rings. The van der Waals surface area contributed by atoms with E-state index in [0.29, 0.717) is 41.7 Å². The van der Waals surface area contributed by atoms with Crippen LogP contribution in [0.1, 0.15) is 22.8 Å². The number of hydrogen-bond acceptors (Lipinski definition) is 7. The molecule has 174 valence electrons. The lowest BCUT2D eigenvalue weighted by Gasteiger charge is -2.22. The Morgan fingerprint density at radius 1 is 1.24 bits per heavy atom. The van der Waals surface area contributed by atoms with Crippen molar-refractivity contribution in [1.29, 1.82) is 0 Å². The standard InChI is InChI=1S/C23H25N3O6S/c1-23(14-30-3)13-18-19(31-16-5-7-17(8-6-16)33(4,28)29)11-15(12-20(18)32-23)22(27)24-21-9-10-26(2)25-21/h5-12H,13-14H2,1-4H3,(H,24,25,27). The van der Waals surface area contributed by atoms with Crippen molar-refractivity contribution in [3.05, 3.63) is 59.8 Å². The first kappa shape index (κ1) is 22.8. The van der Waals surface area contributed by atoms with E-state index < -0.39 is 15.4 Å². The average molecular weight is 472 g/mol. The van der Waals surface area contributed by atoms with Crippen LogP contribution in [0.4, 0.5) is 5.82 Å². The number of nitrogens with one attached hydrogen (secondary N) is 1. The van der Waals surface area contributed by atoms with E-state index in [4.69, 9.17) is 14.2 Å². The minimum Gasteiger partial charge on any atom is -0.484 e. The van der Waals surface area contributed by atoms with E-state index in [1.807, 2.05) is 6.92 Å². The summed E-state index contributed by atoms with van der Waals surface area (Å²) in [5.41, 5.74) is 0.533. The van der Waals surface area contributed by atoms with E-state index >= 15 is 0 Å². The van der Waals surface area contributed by atoms with Crippen LogP contribution in [0.15, 0.2) is 53.6 Å². The number of aromatic nitrogens is 2. The molecule has 2 aromatic carbocycles. The largest absolute Gasteiger partial charge is 0.484 e. The number of methoxy groups -OCH3 is 1. The number of fused-ring (bicyclic) bond motifs is 1. The number of rotatable bonds is 7. The predicted octanol–water partition coefficient (Wildman–Crippen LogP) is 3.21. The monoisotopic (exact) mass is 471 g/mol. The molecule has 9 nitrogen and oxygen atoms in total. The molecule has 0 fully saturated rings. The number of carbonyl (C=O) groups is 1. The molecular formula is C23H25N3O6S. The molecular weight excluding hydrogens is 446 g/mol. The maximum absolute atomic E-state index is 12.9. The van der Waals surface area contributed by atoms with Crippen LogP contribution in [0.5, 0.6) is 17.2 Å². The maximum atomic E-state index is 12.9. The molecule has 1 amide bonds. The van der Waals surface area contributed by atoms with Crippen LogP contribution < -0.4 is 14.8 Å². The highest BCUT2D eigenvalue weighted by molar-refractivity contribution is 7.90. The van der Waals surface area contributed by atoms with Crippen molar-refractivity contribution in [1.82, 2.24) is 9.78 Å². The Hall–Kier alpha value is -3.37. The number of aryl methyl sites for hydroxylation is 1. The van der Waals surface area contributed by atoms with E-state index in [1.165, 1.54) is 12.1 Å². The summed E-state index contributed by atoms with van der Waals surface area (Å²) in [6, 6.07) is 11.1. The summed E-state index contributed by atoms with van der Waals surface area (Å²) in [5, 5.41) is 6.93. The highest BCUT2D eigenvalue weighted by Crippen LogP contribution is 2.43. The van der Waals surface area contributed by atoms with Gasteiger partial charge in [0.1, 0.15) is 22.8 Å². The number of anilines is 1. The number of benzene rings is 2. The zero-order valence-corrected chi connectivity index (χ0v) is 19.6. The summed E-state index contributed by atoms with van der Waals surface area (Å²) in [6.45, 7) is 2.29. The number of carbonyl (C=O) groups excluding carboxylic acids is 1. The number of ether oxygens (including phenoxy) is 3. The van der Waals surface area contributed by atoms with Gasteiger partial charge in [0.15, 0.2) is 15.7 Å². The molecule has 0 bridgehead atoms. The summed E-state index contributed by atoms with van der Waals surface area (Å²) in [7, 11) is 0.0420. The zero-order valence-electron chi connectivity index (χ0n) is 18.8. The van der Waals surface area contributed by atoms with Gasteiger partial charge in [-0.25, -0.2) is 8.42 Å². The Morgan fingerprint density at radius 2 is 1.97 bits per heavy atom. The van der Waals surface area contributed by atoms with Crippen LogP contribution in [0.25, 0.3) is 0 Å². The predicted molar refractivity (Wildman–Crippen MR) is 122 cm³/mol. The third kappa shape index (κ3) is 5.01. The highest BCUT2D eigenvalue weighted by atomic mass is 32.2. The van der Waals surface area contributed by atoms with Crippen LogP contribution in [-0.4, -0.2) is 49.7 Å². The molecule has 10 heteroatoms. The van der Waals surface area contributed by atoms with Gasteiger partial charge in [0.2, 0.25) is 0 Å². The van der Waals surface area contributed by atoms with E-state index in [1.54, 1.807) is 55.4 Å². The molecule has 0 saturated carbocycles. The van der Waals surface area contributed by atoms with Gasteiger partial charge in [-0.3, -0.25) is 9.48 Å². The smallest absolute Gasteiger partial charge is 0.257 e. The van der Waals surface area contributed by atoms with Crippen molar-refractivity contribution < 1.29 is 27.4 Å². The molecule has 1 N–H and O–H groups in total. The first-order chi connectivity index (χ1) is 15.6. The van der Waals surface area contributed by atoms with Crippen LogP contribution in [-0.2, 0) is 28.0 Å². The normalized spacial score (nSPS) is 17.3. The fourth-order valence-electron chi connectivity index (χ4n) is 3.72. The highest BCUT2D eigenvalue weighted by Gasteiger charge is 2.38. The van der Waals surface area contributed by atoms with Crippen LogP contribution in [0, 0.1) is 0 Å². The molecule has 1 atom stereocenters. The third-order valence-electron chi connectivity index (χ3n) is 5.22. The second kappa shape index (κ2) is 8.53. The first-order valence-corrected chi connectivity index (χ1v) is 12.1. The fraction of sp³-hybridized carbons (Fsp3) is 0.304. The molecule has 1 unspecified atom stereocenters. The second-order valence-electron chi connectivity index (χ2n) is 8.29. The molecule has 1 aromatic heterocycles. The fourth-order valence-corrected chi connectivity index (χ4v) is 4.35. The number of sulfone groups is 1. The topological polar surface area (TPSA) is 109 Å². The minimum absolute atomic E-state index is 0.194. The van der Waals surface area contributed by atoms with Crippen LogP contribution >= 0.6 is 0 Å². The number of amides is 1. The van der Waals surface area contributed by atoms with E-state index in [-0.39, 0.29) is 10.8 Å². The minimum atomic E-state index is -3.32. The Morgan fingerprint density at radius 3 is 2.58 bits per heavy atom. The first-order valence-electron chi connectivity index (χ1n) is 10.2. The Kier molecular flexibility index (Phi) is 5.89. The van der Waals surface area contributed by atoms with Gasteiger partial charge in [-0.05, 0) is 43.3 Å². The number of hydrogen-bond donors (Lipinski definition) is 1. The lowest BCUT2D eigenvalue weighted by Crippen LogP contribution is -2.35. The summed E-state index contributed by atoms with van der Waals surface area (Å²) in [6.07, 6.45) is 3.40. The van der Waals surface area contributed by atoms with E-state index in [9.17, 15) is 13.2 Å². The van der Waals surface area contributed by atoms with Crippen molar-refractivity contribution in [2.24, 2.45) is 7.05 Å². The van der Waals surface area contributed by atoms with Crippen LogP contribution in [0.3, 0.4) is 0 Å². The van der Waals surface area contributed by atoms with Gasteiger partial charge in [0.05, 0.1) is 11.5 Å². The van der Waals surface area contributed by atoms with Gasteiger partial charge in [-0.15, -0.1) is 0 Å². The van der Waals surface area contributed by atoms with Gasteiger partial charge >= 0.3 is 0 Å². The molecule has 0 radical (unpaired) electrons. The Balaban J connectivity index is 1.68. The van der Waals surface area contributed by atoms with Gasteiger partial charge in [-0.2, -0.15) is 5.10 Å². The van der Waals surface area contributed by atoms with Crippen LogP contribution in [0.2, 0.25) is 0 Å². The summed E-state index contributed by atoms with van der Waals surface area (Å²) in [5.74, 6) is 1.48. The van der Waals surface area contributed by atoms with E-state index in [0.717, 1.165) is 11.8 Å². The quantitative estimate of drug-likeness (QED) is 0.564. The van der Waals surface area contributed by atoms with Crippen molar-refractivity contribution in [2.45, 2.75) is 23.8 Å². The molecule has 1 aliphatic rings. The molecule has 2 heterocycles. The lowest BCUT2D eigenvalue weighted by molar-refractivity contribution is 0.0204. The molecule has 0 aliphatic carbocycles. The Labute approximate surface area is 192 Å². The zero-order chi connectivity index (χ0) is 23.8. The number of nitrogens with zero attached hydrogens (tertiary/aromatic N) is 2. The molecule has 1 aliphatic heterocycles. The van der Waals surface area contributed by atoms with Gasteiger partial charge < -0.3 is 19.5 Å².